The van der Waals surface area contributed by atoms with Gasteiger partial charge in [0.25, 0.3) is 5.91 Å². The number of fused-ring (bicyclic) bond motifs is 5. The first-order valence-corrected chi connectivity index (χ1v) is 10.3. The van der Waals surface area contributed by atoms with Crippen molar-refractivity contribution in [3.63, 3.8) is 0 Å². The van der Waals surface area contributed by atoms with Crippen molar-refractivity contribution in [2.24, 2.45) is 0 Å². The predicted octanol–water partition coefficient (Wildman–Crippen LogP) is 2.92. The largest absolute Gasteiger partial charge is 0.502 e. The molecule has 0 unspecified atom stereocenters. The maximum absolute atomic E-state index is 14.9. The summed E-state index contributed by atoms with van der Waals surface area (Å²) in [6.07, 6.45) is 4.64. The molecule has 0 fully saturated rings. The third-order valence-corrected chi connectivity index (χ3v) is 5.74. The molecule has 33 heavy (non-hydrogen) atoms. The molecular weight excluding hydrogens is 432 g/mol. The molecule has 168 valence electrons. The van der Waals surface area contributed by atoms with Crippen LogP contribution in [0.3, 0.4) is 0 Å². The Labute approximate surface area is 187 Å². The molecule has 2 aliphatic heterocycles. The van der Waals surface area contributed by atoms with Crippen molar-refractivity contribution >= 4 is 5.91 Å². The van der Waals surface area contributed by atoms with Crippen LogP contribution >= 0.6 is 0 Å². The number of hydrogen-bond acceptors (Lipinski definition) is 5. The lowest BCUT2D eigenvalue weighted by Crippen LogP contribution is -2.55. The summed E-state index contributed by atoms with van der Waals surface area (Å²) < 4.78 is 36.1. The number of rotatable bonds is 1. The number of ether oxygens (including phenoxy) is 1. The minimum atomic E-state index is -1.12. The number of pyridine rings is 1. The Balaban J connectivity index is 1.83. The Morgan fingerprint density at radius 1 is 1.00 bits per heavy atom. The summed E-state index contributed by atoms with van der Waals surface area (Å²) in [6, 6.07) is 11.9. The number of carbonyl (C=O) groups is 1. The fraction of sp³-hybridized carbons (Fsp3) is 0.167. The first-order valence-electron chi connectivity index (χ1n) is 10.3. The normalized spacial score (nSPS) is 18.6. The van der Waals surface area contributed by atoms with Crippen LogP contribution in [0.2, 0.25) is 0 Å². The third-order valence-electron chi connectivity index (χ3n) is 5.74. The van der Waals surface area contributed by atoms with Crippen LogP contribution in [0.15, 0.2) is 71.7 Å². The van der Waals surface area contributed by atoms with Crippen LogP contribution in [0.1, 0.15) is 27.7 Å². The quantitative estimate of drug-likeness (QED) is 0.576. The molecule has 0 aliphatic carbocycles. The summed E-state index contributed by atoms with van der Waals surface area (Å²) in [6.45, 7) is 0.180. The SMILES string of the molecule is O=C1c2c(O)c(=O)ccn2N2CN1C/C=C/COc1c(ccc(F)c1F)[C@@H]2c1ccccc1. The molecule has 0 radical (unpaired) electrons. The summed E-state index contributed by atoms with van der Waals surface area (Å²) in [5.41, 5.74) is 0.143. The Morgan fingerprint density at radius 3 is 2.58 bits per heavy atom. The van der Waals surface area contributed by atoms with E-state index in [1.54, 1.807) is 29.3 Å². The van der Waals surface area contributed by atoms with Crippen LogP contribution in [0, 0.1) is 11.6 Å². The van der Waals surface area contributed by atoms with Crippen LogP contribution in [0.25, 0.3) is 0 Å². The van der Waals surface area contributed by atoms with Gasteiger partial charge in [-0.25, -0.2) is 4.39 Å². The lowest BCUT2D eigenvalue weighted by atomic mass is 9.96. The summed E-state index contributed by atoms with van der Waals surface area (Å²) in [4.78, 5) is 26.7. The van der Waals surface area contributed by atoms with E-state index in [1.807, 2.05) is 18.2 Å². The lowest BCUT2D eigenvalue weighted by molar-refractivity contribution is 0.0701. The van der Waals surface area contributed by atoms with Crippen molar-refractivity contribution in [1.82, 2.24) is 9.58 Å². The zero-order valence-corrected chi connectivity index (χ0v) is 17.3. The van der Waals surface area contributed by atoms with Crippen LogP contribution in [-0.2, 0) is 0 Å². The van der Waals surface area contributed by atoms with Gasteiger partial charge in [0.15, 0.2) is 23.0 Å². The van der Waals surface area contributed by atoms with Crippen LogP contribution < -0.4 is 15.2 Å². The topological polar surface area (TPSA) is 75.0 Å². The smallest absolute Gasteiger partial charge is 0.278 e. The number of amides is 1. The van der Waals surface area contributed by atoms with Crippen LogP contribution in [0.4, 0.5) is 8.78 Å². The molecule has 7 nitrogen and oxygen atoms in total. The molecule has 1 amide bonds. The lowest BCUT2D eigenvalue weighted by Gasteiger charge is -2.43. The van der Waals surface area contributed by atoms with Crippen molar-refractivity contribution in [3.05, 3.63) is 106 Å². The standard InChI is InChI=1S/C24H19F2N3O4/c25-17-9-8-16-20(15-6-2-1-3-7-15)29-14-27(11-4-5-13-33-23(16)19(17)26)24(32)21-22(31)18(30)10-12-28(21)29/h1-10,12,20,31H,11,13-14H2/b5-4+/t20-/m0/s1. The van der Waals surface area contributed by atoms with Crippen molar-refractivity contribution in [2.75, 3.05) is 24.8 Å². The van der Waals surface area contributed by atoms with E-state index in [0.717, 1.165) is 12.1 Å². The molecule has 2 aliphatic rings. The van der Waals surface area contributed by atoms with E-state index in [4.69, 9.17) is 4.74 Å². The first kappa shape index (κ1) is 20.7. The predicted molar refractivity (Wildman–Crippen MR) is 116 cm³/mol. The molecule has 0 saturated heterocycles. The summed E-state index contributed by atoms with van der Waals surface area (Å²) in [5.74, 6) is -3.61. The molecule has 0 spiro atoms. The number of hydrogen-bond donors (Lipinski definition) is 1. The van der Waals surface area contributed by atoms with Gasteiger partial charge < -0.3 is 14.7 Å². The number of halogens is 2. The zero-order chi connectivity index (χ0) is 23.1. The van der Waals surface area contributed by atoms with E-state index in [-0.39, 0.29) is 31.3 Å². The Morgan fingerprint density at radius 2 is 1.79 bits per heavy atom. The Bertz CT molecular complexity index is 1320. The van der Waals surface area contributed by atoms with E-state index in [1.165, 1.54) is 21.8 Å². The fourth-order valence-corrected chi connectivity index (χ4v) is 4.19. The van der Waals surface area contributed by atoms with Gasteiger partial charge in [-0.1, -0.05) is 36.4 Å². The van der Waals surface area contributed by atoms with Crippen molar-refractivity contribution in [3.8, 4) is 11.5 Å². The number of carbonyl (C=O) groups excluding carboxylic acids is 1. The molecule has 1 N–H and O–H groups in total. The van der Waals surface area contributed by atoms with Gasteiger partial charge in [0.1, 0.15) is 19.3 Å². The number of aromatic nitrogens is 1. The molecule has 9 heteroatoms. The molecule has 3 aromatic rings. The molecule has 0 saturated carbocycles. The van der Waals surface area contributed by atoms with Gasteiger partial charge >= 0.3 is 0 Å². The second kappa shape index (κ2) is 8.09. The third kappa shape index (κ3) is 3.42. The average Bonchev–Trinajstić information content (AvgIpc) is 2.85. The maximum Gasteiger partial charge on any atom is 0.278 e. The van der Waals surface area contributed by atoms with Gasteiger partial charge in [-0.3, -0.25) is 19.3 Å². The van der Waals surface area contributed by atoms with Crippen molar-refractivity contribution in [2.45, 2.75) is 6.04 Å². The summed E-state index contributed by atoms with van der Waals surface area (Å²) >= 11 is 0. The van der Waals surface area contributed by atoms with E-state index in [9.17, 15) is 23.5 Å². The summed E-state index contributed by atoms with van der Waals surface area (Å²) in [7, 11) is 0. The maximum atomic E-state index is 14.9. The Hall–Kier alpha value is -4.14. The molecule has 1 atom stereocenters. The number of aromatic hydroxyl groups is 1. The van der Waals surface area contributed by atoms with E-state index in [2.05, 4.69) is 0 Å². The van der Waals surface area contributed by atoms with Gasteiger partial charge in [-0.2, -0.15) is 4.39 Å². The number of nitrogens with zero attached hydrogens (tertiary/aromatic N) is 3. The van der Waals surface area contributed by atoms with E-state index in [0.29, 0.717) is 11.1 Å². The van der Waals surface area contributed by atoms with Crippen molar-refractivity contribution in [1.29, 1.82) is 0 Å². The van der Waals surface area contributed by atoms with Gasteiger partial charge in [0.2, 0.25) is 11.2 Å². The molecule has 3 heterocycles. The molecule has 1 aromatic heterocycles. The first-order chi connectivity index (χ1) is 16.0. The second-order valence-electron chi connectivity index (χ2n) is 7.71. The zero-order valence-electron chi connectivity index (χ0n) is 17.3. The van der Waals surface area contributed by atoms with E-state index < -0.39 is 34.8 Å². The Kier molecular flexibility index (Phi) is 5.08. The van der Waals surface area contributed by atoms with Gasteiger partial charge in [-0.05, 0) is 23.8 Å². The van der Waals surface area contributed by atoms with Gasteiger partial charge in [0.05, 0.1) is 0 Å². The monoisotopic (exact) mass is 451 g/mol. The second-order valence-corrected chi connectivity index (χ2v) is 7.71. The average molecular weight is 451 g/mol. The summed E-state index contributed by atoms with van der Waals surface area (Å²) in [5, 5.41) is 12.2. The van der Waals surface area contributed by atoms with Crippen molar-refractivity contribution < 1.29 is 23.4 Å². The molecule has 5 rings (SSSR count). The number of benzene rings is 2. The molecule has 2 aromatic carbocycles. The minimum absolute atomic E-state index is 0.0348. The highest BCUT2D eigenvalue weighted by atomic mass is 19.2. The van der Waals surface area contributed by atoms with Gasteiger partial charge in [0, 0.05) is 24.4 Å². The highest BCUT2D eigenvalue weighted by Gasteiger charge is 2.38. The fourth-order valence-electron chi connectivity index (χ4n) is 4.19. The molecule has 2 bridgehead atoms. The van der Waals surface area contributed by atoms with Crippen LogP contribution in [-0.4, -0.2) is 40.4 Å². The van der Waals surface area contributed by atoms with Crippen LogP contribution in [0.5, 0.6) is 11.5 Å². The highest BCUT2D eigenvalue weighted by Crippen LogP contribution is 2.38. The molecular formula is C24H19F2N3O4. The highest BCUT2D eigenvalue weighted by molar-refractivity contribution is 5.96. The van der Waals surface area contributed by atoms with E-state index >= 15 is 0 Å². The minimum Gasteiger partial charge on any atom is -0.502 e. The van der Waals surface area contributed by atoms with Gasteiger partial charge in [-0.15, -0.1) is 0 Å².